The molecule has 4 heterocycles. The van der Waals surface area contributed by atoms with Crippen LogP contribution in [0.2, 0.25) is 0 Å². The molecule has 7 nitrogen and oxygen atoms in total. The molecular formula is C33H28N4O3S. The summed E-state index contributed by atoms with van der Waals surface area (Å²) in [6.07, 6.45) is 1.82. The van der Waals surface area contributed by atoms with Gasteiger partial charge in [0.25, 0.3) is 0 Å². The summed E-state index contributed by atoms with van der Waals surface area (Å²) in [5.41, 5.74) is 6.31. The number of para-hydroxylation sites is 1. The molecule has 1 fully saturated rings. The lowest BCUT2D eigenvalue weighted by Gasteiger charge is -2.28. The van der Waals surface area contributed by atoms with Crippen molar-refractivity contribution in [3.63, 3.8) is 0 Å². The Labute approximate surface area is 243 Å². The highest BCUT2D eigenvalue weighted by atomic mass is 32.1. The molecule has 8 heteroatoms. The minimum Gasteiger partial charge on any atom is -0.457 e. The minimum absolute atomic E-state index is 0.132. The van der Waals surface area contributed by atoms with Crippen molar-refractivity contribution < 1.29 is 14.2 Å². The zero-order chi connectivity index (χ0) is 27.9. The molecule has 2 aliphatic heterocycles. The number of fused-ring (bicyclic) bond motifs is 1. The van der Waals surface area contributed by atoms with Gasteiger partial charge in [-0.1, -0.05) is 24.3 Å². The van der Waals surface area contributed by atoms with Crippen LogP contribution < -0.4 is 24.4 Å². The van der Waals surface area contributed by atoms with Crippen molar-refractivity contribution in [2.24, 2.45) is 0 Å². The van der Waals surface area contributed by atoms with Gasteiger partial charge in [-0.15, -0.1) is 0 Å². The molecule has 0 bridgehead atoms. The number of nitrogens with one attached hydrogen (secondary N) is 1. The van der Waals surface area contributed by atoms with Gasteiger partial charge in [-0.25, -0.2) is 0 Å². The van der Waals surface area contributed by atoms with E-state index in [0.717, 1.165) is 57.0 Å². The fourth-order valence-electron chi connectivity index (χ4n) is 5.76. The molecule has 0 radical (unpaired) electrons. The average molecular weight is 561 g/mol. The van der Waals surface area contributed by atoms with Crippen molar-refractivity contribution >= 4 is 23.0 Å². The van der Waals surface area contributed by atoms with E-state index in [0.29, 0.717) is 5.11 Å². The highest BCUT2D eigenvalue weighted by Crippen LogP contribution is 2.44. The van der Waals surface area contributed by atoms with E-state index in [1.165, 1.54) is 0 Å². The van der Waals surface area contributed by atoms with E-state index in [1.807, 2.05) is 79.0 Å². The summed E-state index contributed by atoms with van der Waals surface area (Å²) >= 11 is 5.96. The number of aromatic nitrogens is 2. The first-order valence-electron chi connectivity index (χ1n) is 13.5. The fourth-order valence-corrected chi connectivity index (χ4v) is 6.10. The largest absolute Gasteiger partial charge is 0.457 e. The van der Waals surface area contributed by atoms with Crippen LogP contribution in [0.3, 0.4) is 0 Å². The van der Waals surface area contributed by atoms with E-state index < -0.39 is 0 Å². The summed E-state index contributed by atoms with van der Waals surface area (Å²) in [6, 6.07) is 31.9. The zero-order valence-corrected chi connectivity index (χ0v) is 23.5. The molecule has 2 aliphatic rings. The molecule has 2 aromatic heterocycles. The summed E-state index contributed by atoms with van der Waals surface area (Å²) in [4.78, 5) is 6.90. The number of ether oxygens (including phenoxy) is 3. The Bertz CT molecular complexity index is 1720. The second kappa shape index (κ2) is 10.3. The molecule has 1 N–H and O–H groups in total. The Hall–Kier alpha value is -4.82. The highest BCUT2D eigenvalue weighted by molar-refractivity contribution is 7.80. The van der Waals surface area contributed by atoms with Gasteiger partial charge in [-0.2, -0.15) is 0 Å². The van der Waals surface area contributed by atoms with Crippen LogP contribution in [-0.4, -0.2) is 21.5 Å². The Kier molecular flexibility index (Phi) is 6.32. The number of hydrogen-bond acceptors (Lipinski definition) is 5. The number of aryl methyl sites for hydroxylation is 1. The number of anilines is 1. The maximum atomic E-state index is 6.04. The molecule has 0 unspecified atom stereocenters. The molecule has 41 heavy (non-hydrogen) atoms. The van der Waals surface area contributed by atoms with E-state index in [1.54, 1.807) is 0 Å². The standard InChI is InChI=1S/C33H28N4O3S/c1-21-18-27(22(2)36(21)24-13-16-29-30(19-24)39-20-38-29)32-31(28-10-6-7-17-34-28)35-33(41)37(32)23-11-14-26(15-12-23)40-25-8-4-3-5-9-25/h3-19,31-32H,20H2,1-2H3,(H,35,41)/t31-,32+/m0/s1. The molecule has 1 saturated heterocycles. The zero-order valence-electron chi connectivity index (χ0n) is 22.7. The normalized spacial score (nSPS) is 17.5. The third kappa shape index (κ3) is 4.56. The number of hydrogen-bond donors (Lipinski definition) is 1. The predicted molar refractivity (Wildman–Crippen MR) is 162 cm³/mol. The molecule has 204 valence electrons. The van der Waals surface area contributed by atoms with Gasteiger partial charge in [-0.3, -0.25) is 4.98 Å². The van der Waals surface area contributed by atoms with Gasteiger partial charge < -0.3 is 29.0 Å². The van der Waals surface area contributed by atoms with E-state index in [-0.39, 0.29) is 18.9 Å². The quantitative estimate of drug-likeness (QED) is 0.221. The van der Waals surface area contributed by atoms with Gasteiger partial charge in [-0.05, 0) is 98.4 Å². The van der Waals surface area contributed by atoms with Gasteiger partial charge >= 0.3 is 0 Å². The Morgan fingerprint density at radius 2 is 1.56 bits per heavy atom. The van der Waals surface area contributed by atoms with Gasteiger partial charge in [0, 0.05) is 35.0 Å². The summed E-state index contributed by atoms with van der Waals surface area (Å²) in [5.74, 6) is 3.08. The number of nitrogens with zero attached hydrogens (tertiary/aromatic N) is 3. The molecule has 7 rings (SSSR count). The number of rotatable bonds is 6. The molecule has 0 amide bonds. The number of thiocarbonyl (C=S) groups is 1. The van der Waals surface area contributed by atoms with Crippen LogP contribution in [-0.2, 0) is 0 Å². The Morgan fingerprint density at radius 1 is 0.829 bits per heavy atom. The topological polar surface area (TPSA) is 60.8 Å². The van der Waals surface area contributed by atoms with Crippen molar-refractivity contribution in [3.8, 4) is 28.7 Å². The maximum absolute atomic E-state index is 6.04. The summed E-state index contributed by atoms with van der Waals surface area (Å²) in [5, 5.41) is 4.22. The lowest BCUT2D eigenvalue weighted by molar-refractivity contribution is 0.174. The van der Waals surface area contributed by atoms with E-state index in [2.05, 4.69) is 52.9 Å². The lowest BCUT2D eigenvalue weighted by Crippen LogP contribution is -2.29. The van der Waals surface area contributed by atoms with Gasteiger partial charge in [0.2, 0.25) is 6.79 Å². The molecule has 0 saturated carbocycles. The highest BCUT2D eigenvalue weighted by Gasteiger charge is 2.42. The van der Waals surface area contributed by atoms with Crippen LogP contribution in [0.4, 0.5) is 5.69 Å². The SMILES string of the molecule is Cc1cc([C@@H]2[C@H](c3ccccn3)NC(=S)N2c2ccc(Oc3ccccc3)cc2)c(C)n1-c1ccc2c(c1)OCO2. The third-order valence-electron chi connectivity index (χ3n) is 7.60. The van der Waals surface area contributed by atoms with Crippen LogP contribution in [0, 0.1) is 13.8 Å². The van der Waals surface area contributed by atoms with Gasteiger partial charge in [0.05, 0.1) is 17.8 Å². The minimum atomic E-state index is -0.144. The molecule has 3 aromatic carbocycles. The third-order valence-corrected chi connectivity index (χ3v) is 7.91. The van der Waals surface area contributed by atoms with Gasteiger partial charge in [0.15, 0.2) is 16.6 Å². The molecule has 0 spiro atoms. The van der Waals surface area contributed by atoms with Gasteiger partial charge in [0.1, 0.15) is 11.5 Å². The van der Waals surface area contributed by atoms with Crippen molar-refractivity contribution in [2.75, 3.05) is 11.7 Å². The van der Waals surface area contributed by atoms with Crippen molar-refractivity contribution in [2.45, 2.75) is 25.9 Å². The first kappa shape index (κ1) is 25.2. The van der Waals surface area contributed by atoms with Crippen molar-refractivity contribution in [1.82, 2.24) is 14.9 Å². The van der Waals surface area contributed by atoms with Crippen LogP contribution >= 0.6 is 12.2 Å². The number of benzene rings is 3. The predicted octanol–water partition coefficient (Wildman–Crippen LogP) is 7.19. The fraction of sp³-hybridized carbons (Fsp3) is 0.152. The molecule has 0 aliphatic carbocycles. The summed E-state index contributed by atoms with van der Waals surface area (Å²) < 4.78 is 19.5. The Morgan fingerprint density at radius 3 is 2.34 bits per heavy atom. The van der Waals surface area contributed by atoms with Crippen LogP contribution in [0.15, 0.2) is 103 Å². The van der Waals surface area contributed by atoms with E-state index >= 15 is 0 Å². The smallest absolute Gasteiger partial charge is 0.231 e. The van der Waals surface area contributed by atoms with Crippen LogP contribution in [0.5, 0.6) is 23.0 Å². The van der Waals surface area contributed by atoms with E-state index in [4.69, 9.17) is 31.4 Å². The van der Waals surface area contributed by atoms with Crippen LogP contribution in [0.1, 0.15) is 34.7 Å². The average Bonchev–Trinajstić information content (AvgIpc) is 3.69. The van der Waals surface area contributed by atoms with Crippen LogP contribution in [0.25, 0.3) is 5.69 Å². The lowest BCUT2D eigenvalue weighted by atomic mass is 9.96. The second-order valence-electron chi connectivity index (χ2n) is 10.1. The maximum Gasteiger partial charge on any atom is 0.231 e. The van der Waals surface area contributed by atoms with Crippen molar-refractivity contribution in [1.29, 1.82) is 0 Å². The summed E-state index contributed by atoms with van der Waals surface area (Å²) in [7, 11) is 0. The molecule has 5 aromatic rings. The van der Waals surface area contributed by atoms with E-state index in [9.17, 15) is 0 Å². The summed E-state index contributed by atoms with van der Waals surface area (Å²) in [6.45, 7) is 4.52. The first-order valence-corrected chi connectivity index (χ1v) is 13.9. The molecule has 2 atom stereocenters. The second-order valence-corrected chi connectivity index (χ2v) is 10.5. The number of pyridine rings is 1. The molecular weight excluding hydrogens is 532 g/mol. The monoisotopic (exact) mass is 560 g/mol. The van der Waals surface area contributed by atoms with Crippen molar-refractivity contribution in [3.05, 3.63) is 126 Å². The first-order chi connectivity index (χ1) is 20.1. The Balaban J connectivity index is 1.29.